The molecule has 6 heteroatoms. The minimum atomic E-state index is 0.586. The van der Waals surface area contributed by atoms with E-state index in [1.165, 1.54) is 25.7 Å². The van der Waals surface area contributed by atoms with Gasteiger partial charge in [-0.2, -0.15) is 0 Å². The summed E-state index contributed by atoms with van der Waals surface area (Å²) in [6.07, 6.45) is 5.51. The summed E-state index contributed by atoms with van der Waals surface area (Å²) in [5.74, 6) is 2.88. The fourth-order valence-corrected chi connectivity index (χ4v) is 3.36. The van der Waals surface area contributed by atoms with Crippen LogP contribution in [0.3, 0.4) is 0 Å². The Kier molecular flexibility index (Phi) is 3.87. The maximum atomic E-state index is 4.77. The van der Waals surface area contributed by atoms with Crippen LogP contribution in [0.4, 0.5) is 0 Å². The highest BCUT2D eigenvalue weighted by Gasteiger charge is 2.43. The molecular weight excluding hydrogens is 264 g/mol. The molecule has 0 bridgehead atoms. The predicted octanol–water partition coefficient (Wildman–Crippen LogP) is 1.47. The molecule has 1 aromatic heterocycles. The Bertz CT molecular complexity index is 528. The van der Waals surface area contributed by atoms with Crippen LogP contribution in [-0.2, 0) is 13.6 Å². The van der Waals surface area contributed by atoms with E-state index < -0.39 is 0 Å². The van der Waals surface area contributed by atoms with Gasteiger partial charge >= 0.3 is 0 Å². The van der Waals surface area contributed by atoms with Crippen molar-refractivity contribution in [2.45, 2.75) is 46.1 Å². The van der Waals surface area contributed by atoms with Gasteiger partial charge in [-0.25, -0.2) is 4.99 Å². The maximum Gasteiger partial charge on any atom is 0.194 e. The van der Waals surface area contributed by atoms with E-state index in [9.17, 15) is 0 Å². The molecule has 0 atom stereocenters. The molecule has 1 aliphatic heterocycles. The molecule has 0 unspecified atom stereocenters. The van der Waals surface area contributed by atoms with Gasteiger partial charge in [0.05, 0.1) is 0 Å². The standard InChI is InChI=1S/C15H26N6/c1-4-16-14(17-10-13-19-18-12(2)20(13)3)21-9-8-15(11-21)6-5-7-15/h4-11H2,1-3H3,(H,16,17). The summed E-state index contributed by atoms with van der Waals surface area (Å²) in [5, 5.41) is 11.7. The van der Waals surface area contributed by atoms with Crippen LogP contribution in [0.25, 0.3) is 0 Å². The lowest BCUT2D eigenvalue weighted by atomic mass is 9.68. The van der Waals surface area contributed by atoms with Crippen LogP contribution >= 0.6 is 0 Å². The fraction of sp³-hybridized carbons (Fsp3) is 0.800. The Morgan fingerprint density at radius 1 is 1.33 bits per heavy atom. The zero-order chi connectivity index (χ0) is 14.9. The lowest BCUT2D eigenvalue weighted by molar-refractivity contribution is 0.151. The van der Waals surface area contributed by atoms with Gasteiger partial charge < -0.3 is 14.8 Å². The van der Waals surface area contributed by atoms with Gasteiger partial charge in [-0.15, -0.1) is 10.2 Å². The number of nitrogens with one attached hydrogen (secondary N) is 1. The van der Waals surface area contributed by atoms with Crippen molar-refractivity contribution in [2.75, 3.05) is 19.6 Å². The third kappa shape index (κ3) is 2.76. The Morgan fingerprint density at radius 2 is 2.14 bits per heavy atom. The molecule has 1 spiro atoms. The molecule has 21 heavy (non-hydrogen) atoms. The number of nitrogens with zero attached hydrogens (tertiary/aromatic N) is 5. The van der Waals surface area contributed by atoms with Gasteiger partial charge in [0.15, 0.2) is 11.8 Å². The van der Waals surface area contributed by atoms with Crippen LogP contribution in [0.5, 0.6) is 0 Å². The second-order valence-electron chi connectivity index (χ2n) is 6.42. The van der Waals surface area contributed by atoms with E-state index in [1.807, 2.05) is 18.5 Å². The van der Waals surface area contributed by atoms with Crippen molar-refractivity contribution in [3.05, 3.63) is 11.6 Å². The maximum absolute atomic E-state index is 4.77. The summed E-state index contributed by atoms with van der Waals surface area (Å²) in [6.45, 7) is 7.87. The molecule has 2 fully saturated rings. The Morgan fingerprint density at radius 3 is 2.67 bits per heavy atom. The van der Waals surface area contributed by atoms with Gasteiger partial charge in [-0.3, -0.25) is 0 Å². The first-order chi connectivity index (χ1) is 10.1. The van der Waals surface area contributed by atoms with Crippen LogP contribution in [0, 0.1) is 12.3 Å². The first-order valence-corrected chi connectivity index (χ1v) is 8.02. The molecule has 1 saturated heterocycles. The molecule has 6 nitrogen and oxygen atoms in total. The van der Waals surface area contributed by atoms with Gasteiger partial charge in [-0.05, 0) is 38.5 Å². The average Bonchev–Trinajstić information content (AvgIpc) is 3.01. The van der Waals surface area contributed by atoms with Crippen molar-refractivity contribution in [1.82, 2.24) is 25.0 Å². The number of hydrogen-bond acceptors (Lipinski definition) is 3. The number of likely N-dealkylation sites (tertiary alicyclic amines) is 1. The number of guanidine groups is 1. The molecule has 1 N–H and O–H groups in total. The molecule has 0 radical (unpaired) electrons. The van der Waals surface area contributed by atoms with Gasteiger partial charge in [0.2, 0.25) is 0 Å². The van der Waals surface area contributed by atoms with E-state index in [0.717, 1.165) is 37.2 Å². The molecular formula is C15H26N6. The minimum absolute atomic E-state index is 0.586. The van der Waals surface area contributed by atoms with Crippen LogP contribution < -0.4 is 5.32 Å². The van der Waals surface area contributed by atoms with Crippen molar-refractivity contribution >= 4 is 5.96 Å². The Hall–Kier alpha value is -1.59. The van der Waals surface area contributed by atoms with Gasteiger partial charge in [0, 0.05) is 26.7 Å². The zero-order valence-corrected chi connectivity index (χ0v) is 13.4. The molecule has 1 saturated carbocycles. The monoisotopic (exact) mass is 290 g/mol. The van der Waals surface area contributed by atoms with Crippen molar-refractivity contribution in [3.8, 4) is 0 Å². The van der Waals surface area contributed by atoms with E-state index in [1.54, 1.807) is 0 Å². The first-order valence-electron chi connectivity index (χ1n) is 8.02. The Balaban J connectivity index is 1.69. The summed E-state index contributed by atoms with van der Waals surface area (Å²) in [4.78, 5) is 7.19. The second kappa shape index (κ2) is 5.66. The molecule has 2 heterocycles. The summed E-state index contributed by atoms with van der Waals surface area (Å²) in [5.41, 5.74) is 0.595. The Labute approximate surface area is 126 Å². The molecule has 0 amide bonds. The number of aliphatic imine (C=N–C) groups is 1. The van der Waals surface area contributed by atoms with E-state index in [-0.39, 0.29) is 0 Å². The quantitative estimate of drug-likeness (QED) is 0.676. The molecule has 1 aliphatic carbocycles. The van der Waals surface area contributed by atoms with Crippen molar-refractivity contribution in [2.24, 2.45) is 17.5 Å². The van der Waals surface area contributed by atoms with E-state index in [0.29, 0.717) is 12.0 Å². The second-order valence-corrected chi connectivity index (χ2v) is 6.42. The van der Waals surface area contributed by atoms with E-state index >= 15 is 0 Å². The zero-order valence-electron chi connectivity index (χ0n) is 13.4. The number of hydrogen-bond donors (Lipinski definition) is 1. The lowest BCUT2D eigenvalue weighted by Crippen LogP contribution is -2.42. The summed E-state index contributed by atoms with van der Waals surface area (Å²) in [6, 6.07) is 0. The fourth-order valence-electron chi connectivity index (χ4n) is 3.36. The largest absolute Gasteiger partial charge is 0.357 e. The lowest BCUT2D eigenvalue weighted by Gasteiger charge is -2.38. The molecule has 1 aromatic rings. The SMILES string of the molecule is CCNC(=NCc1nnc(C)n1C)N1CCC2(CCC2)C1. The third-order valence-corrected chi connectivity index (χ3v) is 5.04. The topological polar surface area (TPSA) is 58.3 Å². The number of aryl methyl sites for hydroxylation is 1. The smallest absolute Gasteiger partial charge is 0.194 e. The first kappa shape index (κ1) is 14.4. The minimum Gasteiger partial charge on any atom is -0.357 e. The van der Waals surface area contributed by atoms with Crippen molar-refractivity contribution in [1.29, 1.82) is 0 Å². The van der Waals surface area contributed by atoms with Crippen LogP contribution in [-0.4, -0.2) is 45.3 Å². The summed E-state index contributed by atoms with van der Waals surface area (Å²) >= 11 is 0. The highest BCUT2D eigenvalue weighted by Crippen LogP contribution is 2.47. The normalized spacial score (nSPS) is 20.9. The molecule has 2 aliphatic rings. The molecule has 0 aromatic carbocycles. The van der Waals surface area contributed by atoms with Crippen molar-refractivity contribution < 1.29 is 0 Å². The average molecular weight is 290 g/mol. The van der Waals surface area contributed by atoms with Crippen LogP contribution in [0.15, 0.2) is 4.99 Å². The van der Waals surface area contributed by atoms with Gasteiger partial charge in [0.1, 0.15) is 12.4 Å². The third-order valence-electron chi connectivity index (χ3n) is 5.04. The summed E-state index contributed by atoms with van der Waals surface area (Å²) < 4.78 is 2.00. The van der Waals surface area contributed by atoms with E-state index in [2.05, 4.69) is 27.3 Å². The molecule has 116 valence electrons. The van der Waals surface area contributed by atoms with Gasteiger partial charge in [0.25, 0.3) is 0 Å². The van der Waals surface area contributed by atoms with Gasteiger partial charge in [-0.1, -0.05) is 6.42 Å². The molecule has 3 rings (SSSR count). The van der Waals surface area contributed by atoms with Crippen LogP contribution in [0.2, 0.25) is 0 Å². The van der Waals surface area contributed by atoms with Crippen LogP contribution in [0.1, 0.15) is 44.3 Å². The predicted molar refractivity (Wildman–Crippen MR) is 83.0 cm³/mol. The van der Waals surface area contributed by atoms with E-state index in [4.69, 9.17) is 4.99 Å². The number of rotatable bonds is 3. The van der Waals surface area contributed by atoms with Crippen molar-refractivity contribution in [3.63, 3.8) is 0 Å². The highest BCUT2D eigenvalue weighted by molar-refractivity contribution is 5.80. The number of aromatic nitrogens is 3. The highest BCUT2D eigenvalue weighted by atomic mass is 15.3. The summed E-state index contributed by atoms with van der Waals surface area (Å²) in [7, 11) is 1.99.